The highest BCUT2D eigenvalue weighted by atomic mass is 32.2. The summed E-state index contributed by atoms with van der Waals surface area (Å²) in [7, 11) is 0. The monoisotopic (exact) mass is 274 g/mol. The molecule has 2 heterocycles. The van der Waals surface area contributed by atoms with E-state index in [1.807, 2.05) is 12.1 Å². The van der Waals surface area contributed by atoms with Crippen molar-refractivity contribution in [3.63, 3.8) is 0 Å². The number of hydrogen-bond acceptors (Lipinski definition) is 3. The first kappa shape index (κ1) is 12.6. The highest BCUT2D eigenvalue weighted by molar-refractivity contribution is 8.14. The second-order valence-electron chi connectivity index (χ2n) is 5.36. The van der Waals surface area contributed by atoms with E-state index in [9.17, 15) is 4.39 Å². The van der Waals surface area contributed by atoms with Crippen LogP contribution in [0.3, 0.4) is 0 Å². The summed E-state index contributed by atoms with van der Waals surface area (Å²) in [5, 5.41) is 1.83. The van der Waals surface area contributed by atoms with Gasteiger partial charge in [-0.25, -0.2) is 4.39 Å². The van der Waals surface area contributed by atoms with Crippen molar-refractivity contribution >= 4 is 27.7 Å². The molecule has 0 saturated carbocycles. The van der Waals surface area contributed by atoms with Crippen molar-refractivity contribution in [3.8, 4) is 0 Å². The van der Waals surface area contributed by atoms with E-state index in [2.05, 4.69) is 18.8 Å². The molecule has 0 unspecified atom stereocenters. The van der Waals surface area contributed by atoms with Crippen LogP contribution in [0, 0.1) is 5.82 Å². The number of aliphatic imine (C=N–C) groups is 1. The number of benzene rings is 1. The number of para-hydroxylation sites is 1. The lowest BCUT2D eigenvalue weighted by molar-refractivity contribution is 0.508. The molecule has 2 nitrogen and oxygen atoms in total. The normalized spacial score (nSPS) is 18.4. The number of fused-ring (bicyclic) bond motifs is 1. The van der Waals surface area contributed by atoms with Gasteiger partial charge in [0.05, 0.1) is 10.6 Å². The van der Waals surface area contributed by atoms with Gasteiger partial charge in [0.25, 0.3) is 0 Å². The molecule has 0 amide bonds. The maximum atomic E-state index is 13.6. The molecule has 3 rings (SSSR count). The summed E-state index contributed by atoms with van der Waals surface area (Å²) in [5.41, 5.74) is 1.39. The minimum Gasteiger partial charge on any atom is -0.272 e. The molecule has 1 aliphatic heterocycles. The Labute approximate surface area is 116 Å². The van der Waals surface area contributed by atoms with Crippen molar-refractivity contribution in [2.75, 3.05) is 5.75 Å². The molecule has 0 radical (unpaired) electrons. The van der Waals surface area contributed by atoms with Gasteiger partial charge in [0.15, 0.2) is 0 Å². The number of hydrogen-bond donors (Lipinski definition) is 0. The fourth-order valence-corrected chi connectivity index (χ4v) is 3.53. The topological polar surface area (TPSA) is 25.2 Å². The minimum atomic E-state index is -0.275. The van der Waals surface area contributed by atoms with Gasteiger partial charge in [-0.15, -0.1) is 11.8 Å². The van der Waals surface area contributed by atoms with E-state index in [1.165, 1.54) is 6.07 Å². The third-order valence-corrected chi connectivity index (χ3v) is 4.27. The Bertz CT molecular complexity index is 664. The molecule has 0 fully saturated rings. The minimum absolute atomic E-state index is 0.0164. The first-order valence-corrected chi connectivity index (χ1v) is 7.31. The molecule has 0 aliphatic carbocycles. The Balaban J connectivity index is 2.09. The van der Waals surface area contributed by atoms with Crippen molar-refractivity contribution in [1.29, 1.82) is 0 Å². The maximum absolute atomic E-state index is 13.6. The van der Waals surface area contributed by atoms with Gasteiger partial charge < -0.3 is 0 Å². The van der Waals surface area contributed by atoms with Crippen LogP contribution in [0.15, 0.2) is 35.5 Å². The zero-order valence-corrected chi connectivity index (χ0v) is 11.8. The molecule has 1 aliphatic rings. The molecule has 0 atom stereocenters. The lowest BCUT2D eigenvalue weighted by atomic mass is 10.0. The van der Waals surface area contributed by atoms with E-state index in [4.69, 9.17) is 4.99 Å². The van der Waals surface area contributed by atoms with E-state index in [-0.39, 0.29) is 11.4 Å². The lowest BCUT2D eigenvalue weighted by Gasteiger charge is -2.26. The molecule has 19 heavy (non-hydrogen) atoms. The van der Waals surface area contributed by atoms with Crippen LogP contribution < -0.4 is 0 Å². The van der Waals surface area contributed by atoms with E-state index in [0.717, 1.165) is 28.2 Å². The van der Waals surface area contributed by atoms with Gasteiger partial charge in [0, 0.05) is 22.9 Å². The zero-order chi connectivity index (χ0) is 13.5. The summed E-state index contributed by atoms with van der Waals surface area (Å²) in [4.78, 5) is 8.99. The fraction of sp³-hybridized carbons (Fsp3) is 0.333. The molecule has 1 aromatic carbocycles. The highest BCUT2D eigenvalue weighted by Crippen LogP contribution is 2.29. The van der Waals surface area contributed by atoms with Crippen LogP contribution >= 0.6 is 11.8 Å². The van der Waals surface area contributed by atoms with Crippen LogP contribution in [0.25, 0.3) is 10.9 Å². The largest absolute Gasteiger partial charge is 0.272 e. The summed E-state index contributed by atoms with van der Waals surface area (Å²) in [6, 6.07) is 7.00. The van der Waals surface area contributed by atoms with Crippen LogP contribution in [0.2, 0.25) is 0 Å². The molecule has 0 saturated heterocycles. The SMILES string of the molecule is CC1(C)CCSC(c2cnc3c(F)cccc3c2)=N1. The van der Waals surface area contributed by atoms with E-state index >= 15 is 0 Å². The summed E-state index contributed by atoms with van der Waals surface area (Å²) < 4.78 is 13.6. The fourth-order valence-electron chi connectivity index (χ4n) is 2.15. The average Bonchev–Trinajstić information content (AvgIpc) is 2.37. The van der Waals surface area contributed by atoms with Crippen molar-refractivity contribution in [1.82, 2.24) is 4.98 Å². The number of rotatable bonds is 1. The van der Waals surface area contributed by atoms with Crippen LogP contribution in [0.1, 0.15) is 25.8 Å². The second kappa shape index (κ2) is 4.60. The smallest absolute Gasteiger partial charge is 0.149 e. The van der Waals surface area contributed by atoms with Crippen LogP contribution in [-0.4, -0.2) is 21.3 Å². The zero-order valence-electron chi connectivity index (χ0n) is 11.0. The van der Waals surface area contributed by atoms with Crippen molar-refractivity contribution in [2.45, 2.75) is 25.8 Å². The molecule has 0 N–H and O–H groups in total. The van der Waals surface area contributed by atoms with E-state index < -0.39 is 0 Å². The van der Waals surface area contributed by atoms with Crippen LogP contribution in [-0.2, 0) is 0 Å². The Morgan fingerprint density at radius 2 is 2.16 bits per heavy atom. The third-order valence-electron chi connectivity index (χ3n) is 3.27. The average molecular weight is 274 g/mol. The molecule has 4 heteroatoms. The quantitative estimate of drug-likeness (QED) is 0.784. The summed E-state index contributed by atoms with van der Waals surface area (Å²) >= 11 is 1.75. The van der Waals surface area contributed by atoms with Gasteiger partial charge in [0.2, 0.25) is 0 Å². The summed E-state index contributed by atoms with van der Waals surface area (Å²) in [6.07, 6.45) is 2.80. The first-order valence-electron chi connectivity index (χ1n) is 6.32. The Morgan fingerprint density at radius 3 is 2.95 bits per heavy atom. The molecule has 2 aromatic rings. The molecule has 0 bridgehead atoms. The highest BCUT2D eigenvalue weighted by Gasteiger charge is 2.23. The lowest BCUT2D eigenvalue weighted by Crippen LogP contribution is -2.24. The number of nitrogens with zero attached hydrogens (tertiary/aromatic N) is 2. The van der Waals surface area contributed by atoms with Crippen LogP contribution in [0.4, 0.5) is 4.39 Å². The predicted molar refractivity (Wildman–Crippen MR) is 79.4 cm³/mol. The van der Waals surface area contributed by atoms with Crippen molar-refractivity contribution in [2.24, 2.45) is 4.99 Å². The maximum Gasteiger partial charge on any atom is 0.149 e. The summed E-state index contributed by atoms with van der Waals surface area (Å²) in [6.45, 7) is 4.28. The van der Waals surface area contributed by atoms with Gasteiger partial charge in [-0.1, -0.05) is 12.1 Å². The van der Waals surface area contributed by atoms with Crippen molar-refractivity contribution < 1.29 is 4.39 Å². The number of pyridine rings is 1. The Morgan fingerprint density at radius 1 is 1.32 bits per heavy atom. The molecular weight excluding hydrogens is 259 g/mol. The van der Waals surface area contributed by atoms with Crippen molar-refractivity contribution in [3.05, 3.63) is 41.8 Å². The Hall–Kier alpha value is -1.42. The second-order valence-corrected chi connectivity index (χ2v) is 6.45. The predicted octanol–water partition coefficient (Wildman–Crippen LogP) is 4.04. The summed E-state index contributed by atoms with van der Waals surface area (Å²) in [5.74, 6) is 0.787. The molecule has 0 spiro atoms. The third kappa shape index (κ3) is 2.50. The van der Waals surface area contributed by atoms with Gasteiger partial charge in [-0.05, 0) is 32.4 Å². The first-order chi connectivity index (χ1) is 9.05. The molecule has 98 valence electrons. The standard InChI is InChI=1S/C15H15FN2S/c1-15(2)6-7-19-14(18-15)11-8-10-4-3-5-12(16)13(10)17-9-11/h3-5,8-9H,6-7H2,1-2H3. The molecule has 1 aromatic heterocycles. The van der Waals surface area contributed by atoms with E-state index in [0.29, 0.717) is 5.52 Å². The number of halogens is 1. The number of aromatic nitrogens is 1. The van der Waals surface area contributed by atoms with Gasteiger partial charge >= 0.3 is 0 Å². The molecular formula is C15H15FN2S. The van der Waals surface area contributed by atoms with Gasteiger partial charge in [-0.3, -0.25) is 9.98 Å². The van der Waals surface area contributed by atoms with Gasteiger partial charge in [0.1, 0.15) is 11.3 Å². The van der Waals surface area contributed by atoms with Crippen LogP contribution in [0.5, 0.6) is 0 Å². The van der Waals surface area contributed by atoms with E-state index in [1.54, 1.807) is 24.0 Å². The van der Waals surface area contributed by atoms with Gasteiger partial charge in [-0.2, -0.15) is 0 Å². The number of thioether (sulfide) groups is 1. The Kier molecular flexibility index (Phi) is 3.05.